The first-order valence-electron chi connectivity index (χ1n) is 6.19. The first kappa shape index (κ1) is 13.1. The zero-order valence-corrected chi connectivity index (χ0v) is 11.2. The average molecular weight is 254 g/mol. The van der Waals surface area contributed by atoms with Crippen LogP contribution in [0.4, 0.5) is 5.69 Å². The fourth-order valence-electron chi connectivity index (χ4n) is 1.76. The van der Waals surface area contributed by atoms with Crippen LogP contribution in [0, 0.1) is 13.8 Å². The molecule has 0 aliphatic heterocycles. The lowest BCUT2D eigenvalue weighted by Gasteiger charge is -2.06. The number of pyridine rings is 1. The van der Waals surface area contributed by atoms with E-state index in [2.05, 4.69) is 15.3 Å². The number of nitrogens with two attached hydrogens (primary N) is 1. The topological polar surface area (TPSA) is 63.3 Å². The Morgan fingerprint density at radius 3 is 2.74 bits per heavy atom. The monoisotopic (exact) mass is 254 g/mol. The van der Waals surface area contributed by atoms with Crippen molar-refractivity contribution in [3.8, 4) is 0 Å². The highest BCUT2D eigenvalue weighted by Crippen LogP contribution is 2.09. The minimum absolute atomic E-state index is 0.397. The molecule has 4 heteroatoms. The molecule has 2 rings (SSSR count). The molecule has 0 atom stereocenters. The molecule has 0 aliphatic rings. The van der Waals surface area contributed by atoms with Crippen molar-refractivity contribution < 1.29 is 0 Å². The molecule has 19 heavy (non-hydrogen) atoms. The number of nitrogens with zero attached hydrogens (tertiary/aromatic N) is 2. The zero-order valence-electron chi connectivity index (χ0n) is 11.2. The van der Waals surface area contributed by atoms with Crippen LogP contribution in [-0.2, 0) is 6.54 Å². The molecule has 0 saturated heterocycles. The molecule has 98 valence electrons. The van der Waals surface area contributed by atoms with E-state index < -0.39 is 0 Å². The molecule has 0 amide bonds. The third-order valence-corrected chi connectivity index (χ3v) is 2.65. The summed E-state index contributed by atoms with van der Waals surface area (Å²) in [7, 11) is 0. The Morgan fingerprint density at radius 1 is 1.21 bits per heavy atom. The number of rotatable bonds is 3. The lowest BCUT2D eigenvalue weighted by atomic mass is 10.2. The molecule has 0 aliphatic carbocycles. The second-order valence-corrected chi connectivity index (χ2v) is 4.47. The van der Waals surface area contributed by atoms with Crippen molar-refractivity contribution in [2.24, 2.45) is 10.7 Å². The van der Waals surface area contributed by atoms with Gasteiger partial charge in [0.15, 0.2) is 5.96 Å². The third kappa shape index (κ3) is 4.10. The highest BCUT2D eigenvalue weighted by Gasteiger charge is 1.97. The molecule has 1 heterocycles. The predicted octanol–water partition coefficient (Wildman–Crippen LogP) is 2.63. The van der Waals surface area contributed by atoms with Gasteiger partial charge in [-0.25, -0.2) is 4.99 Å². The van der Waals surface area contributed by atoms with E-state index in [0.29, 0.717) is 12.5 Å². The standard InChI is InChI=1S/C15H18N4/c1-11-5-3-7-13(9-11)19-15(16)17-10-14-8-4-6-12(2)18-14/h3-9H,10H2,1-2H3,(H3,16,17,19). The van der Waals surface area contributed by atoms with Crippen LogP contribution in [0.25, 0.3) is 0 Å². The summed E-state index contributed by atoms with van der Waals surface area (Å²) in [6.45, 7) is 4.48. The maximum Gasteiger partial charge on any atom is 0.193 e. The normalized spacial score (nSPS) is 11.4. The summed E-state index contributed by atoms with van der Waals surface area (Å²) in [5, 5.41) is 3.07. The largest absolute Gasteiger partial charge is 0.370 e. The van der Waals surface area contributed by atoms with Crippen molar-refractivity contribution >= 4 is 11.6 Å². The van der Waals surface area contributed by atoms with Gasteiger partial charge in [0, 0.05) is 11.4 Å². The number of hydrogen-bond donors (Lipinski definition) is 2. The van der Waals surface area contributed by atoms with Gasteiger partial charge in [-0.05, 0) is 43.7 Å². The highest BCUT2D eigenvalue weighted by atomic mass is 15.1. The SMILES string of the molecule is Cc1cccc(NC(N)=NCc2cccc(C)n2)c1. The number of anilines is 1. The second kappa shape index (κ2) is 6.00. The molecule has 0 bridgehead atoms. The summed E-state index contributed by atoms with van der Waals surface area (Å²) in [5.74, 6) is 0.397. The number of aromatic nitrogens is 1. The Balaban J connectivity index is 2.00. The number of guanidine groups is 1. The first-order chi connectivity index (χ1) is 9.13. The molecule has 0 spiro atoms. The number of hydrogen-bond acceptors (Lipinski definition) is 2. The predicted molar refractivity (Wildman–Crippen MR) is 79.1 cm³/mol. The van der Waals surface area contributed by atoms with Crippen LogP contribution in [0.5, 0.6) is 0 Å². The van der Waals surface area contributed by atoms with Crippen molar-refractivity contribution in [1.29, 1.82) is 0 Å². The van der Waals surface area contributed by atoms with Crippen molar-refractivity contribution in [2.75, 3.05) is 5.32 Å². The fraction of sp³-hybridized carbons (Fsp3) is 0.200. The highest BCUT2D eigenvalue weighted by molar-refractivity contribution is 5.92. The lowest BCUT2D eigenvalue weighted by Crippen LogP contribution is -2.22. The number of aliphatic imine (C=N–C) groups is 1. The van der Waals surface area contributed by atoms with Crippen LogP contribution in [0.2, 0.25) is 0 Å². The van der Waals surface area contributed by atoms with E-state index in [-0.39, 0.29) is 0 Å². The summed E-state index contributed by atoms with van der Waals surface area (Å²) in [6, 6.07) is 13.9. The van der Waals surface area contributed by atoms with Gasteiger partial charge in [-0.3, -0.25) is 4.98 Å². The molecule has 1 aromatic heterocycles. The van der Waals surface area contributed by atoms with Crippen LogP contribution in [-0.4, -0.2) is 10.9 Å². The van der Waals surface area contributed by atoms with Crippen molar-refractivity contribution in [1.82, 2.24) is 4.98 Å². The van der Waals surface area contributed by atoms with Gasteiger partial charge < -0.3 is 11.1 Å². The van der Waals surface area contributed by atoms with Gasteiger partial charge >= 0.3 is 0 Å². The van der Waals surface area contributed by atoms with Gasteiger partial charge in [0.1, 0.15) is 0 Å². The summed E-state index contributed by atoms with van der Waals surface area (Å²) in [4.78, 5) is 8.66. The van der Waals surface area contributed by atoms with Crippen molar-refractivity contribution in [2.45, 2.75) is 20.4 Å². The van der Waals surface area contributed by atoms with Crippen molar-refractivity contribution in [3.63, 3.8) is 0 Å². The van der Waals surface area contributed by atoms with E-state index in [4.69, 9.17) is 5.73 Å². The molecule has 0 saturated carbocycles. The molecule has 0 radical (unpaired) electrons. The Hall–Kier alpha value is -2.36. The molecule has 0 fully saturated rings. The number of aryl methyl sites for hydroxylation is 2. The van der Waals surface area contributed by atoms with Crippen molar-refractivity contribution in [3.05, 3.63) is 59.4 Å². The molecule has 3 N–H and O–H groups in total. The van der Waals surface area contributed by atoms with E-state index in [9.17, 15) is 0 Å². The molecule has 2 aromatic rings. The van der Waals surface area contributed by atoms with Crippen LogP contribution in [0.15, 0.2) is 47.5 Å². The summed E-state index contributed by atoms with van der Waals surface area (Å²) in [6.07, 6.45) is 0. The summed E-state index contributed by atoms with van der Waals surface area (Å²) in [5.41, 5.74) is 9.87. The average Bonchev–Trinajstić information content (AvgIpc) is 2.36. The zero-order chi connectivity index (χ0) is 13.7. The molecule has 4 nitrogen and oxygen atoms in total. The third-order valence-electron chi connectivity index (χ3n) is 2.65. The van der Waals surface area contributed by atoms with Crippen LogP contribution >= 0.6 is 0 Å². The van der Waals surface area contributed by atoms with E-state index in [0.717, 1.165) is 17.1 Å². The lowest BCUT2D eigenvalue weighted by molar-refractivity contribution is 0.965. The van der Waals surface area contributed by atoms with Gasteiger partial charge in [0.25, 0.3) is 0 Å². The van der Waals surface area contributed by atoms with E-state index >= 15 is 0 Å². The first-order valence-corrected chi connectivity index (χ1v) is 6.19. The molecule has 1 aromatic carbocycles. The maximum absolute atomic E-state index is 5.85. The Kier molecular flexibility index (Phi) is 4.13. The molecular weight excluding hydrogens is 236 g/mol. The van der Waals surface area contributed by atoms with Gasteiger partial charge in [-0.2, -0.15) is 0 Å². The molecule has 0 unspecified atom stereocenters. The summed E-state index contributed by atoms with van der Waals surface area (Å²) >= 11 is 0. The summed E-state index contributed by atoms with van der Waals surface area (Å²) < 4.78 is 0. The van der Waals surface area contributed by atoms with E-state index in [1.807, 2.05) is 56.3 Å². The quantitative estimate of drug-likeness (QED) is 0.653. The van der Waals surface area contributed by atoms with Gasteiger partial charge in [-0.1, -0.05) is 18.2 Å². The minimum atomic E-state index is 0.397. The Labute approximate surface area is 113 Å². The van der Waals surface area contributed by atoms with E-state index in [1.54, 1.807) is 0 Å². The number of benzene rings is 1. The molecular formula is C15H18N4. The van der Waals surface area contributed by atoms with Crippen LogP contribution in [0.3, 0.4) is 0 Å². The van der Waals surface area contributed by atoms with Gasteiger partial charge in [0.2, 0.25) is 0 Å². The van der Waals surface area contributed by atoms with Gasteiger partial charge in [0.05, 0.1) is 12.2 Å². The number of nitrogens with one attached hydrogen (secondary N) is 1. The maximum atomic E-state index is 5.85. The van der Waals surface area contributed by atoms with Gasteiger partial charge in [-0.15, -0.1) is 0 Å². The smallest absolute Gasteiger partial charge is 0.193 e. The van der Waals surface area contributed by atoms with E-state index in [1.165, 1.54) is 5.56 Å². The second-order valence-electron chi connectivity index (χ2n) is 4.47. The fourth-order valence-corrected chi connectivity index (χ4v) is 1.76. The Morgan fingerprint density at radius 2 is 2.00 bits per heavy atom. The van der Waals surface area contributed by atoms with Crippen LogP contribution < -0.4 is 11.1 Å². The van der Waals surface area contributed by atoms with Crippen LogP contribution in [0.1, 0.15) is 17.0 Å². The Bertz CT molecular complexity index is 590. The minimum Gasteiger partial charge on any atom is -0.370 e.